The predicted octanol–water partition coefficient (Wildman–Crippen LogP) is 0.991. The maximum atomic E-state index is 12.9. The summed E-state index contributed by atoms with van der Waals surface area (Å²) in [4.78, 5) is 1.73. The summed E-state index contributed by atoms with van der Waals surface area (Å²) in [6.07, 6.45) is 3.98. The molecule has 0 aromatic heterocycles. The first-order valence-electron chi connectivity index (χ1n) is 9.25. The van der Waals surface area contributed by atoms with Crippen molar-refractivity contribution in [2.24, 2.45) is 0 Å². The van der Waals surface area contributed by atoms with Gasteiger partial charge in [0.2, 0.25) is 10.0 Å². The number of hydrogen-bond acceptors (Lipinski definition) is 3. The van der Waals surface area contributed by atoms with Crippen LogP contribution in [0.4, 0.5) is 5.69 Å². The Hall–Kier alpha value is -1.22. The standard InChI is InChI=1S/C18H30N4O2S2/c1-15-8-9-16(26(23,24)22-12-5-4-6-13-22)14-17(15)20-18(25)19-10-7-11-21(2)3/h8-9,14H,4-7,10-13H2,1-3H3,(H2,19,20,25)/p+1. The molecule has 0 atom stereocenters. The SMILES string of the molecule is Cc1ccc(S(=O)(=O)N2CCCCC2)cc1NC(=S)NCCC[NH+](C)C. The number of piperidine rings is 1. The van der Waals surface area contributed by atoms with E-state index in [0.29, 0.717) is 23.1 Å². The Kier molecular flexibility index (Phi) is 7.82. The van der Waals surface area contributed by atoms with Crippen LogP contribution in [0, 0.1) is 6.92 Å². The van der Waals surface area contributed by atoms with E-state index in [-0.39, 0.29) is 0 Å². The molecular formula is C18H31N4O2S2+. The van der Waals surface area contributed by atoms with Crippen molar-refractivity contribution in [2.75, 3.05) is 45.6 Å². The molecule has 6 nitrogen and oxygen atoms in total. The Morgan fingerprint density at radius 2 is 1.92 bits per heavy atom. The van der Waals surface area contributed by atoms with E-state index in [1.807, 2.05) is 13.0 Å². The zero-order valence-corrected chi connectivity index (χ0v) is 17.6. The molecule has 1 aliphatic heterocycles. The van der Waals surface area contributed by atoms with Gasteiger partial charge in [-0.1, -0.05) is 12.5 Å². The molecule has 0 radical (unpaired) electrons. The fraction of sp³-hybridized carbons (Fsp3) is 0.611. The molecule has 0 spiro atoms. The van der Waals surface area contributed by atoms with Crippen molar-refractivity contribution in [1.82, 2.24) is 9.62 Å². The summed E-state index contributed by atoms with van der Waals surface area (Å²) in [5, 5.41) is 6.85. The van der Waals surface area contributed by atoms with Crippen molar-refractivity contribution in [3.8, 4) is 0 Å². The highest BCUT2D eigenvalue weighted by Gasteiger charge is 2.26. The Bertz CT molecular complexity index is 714. The number of nitrogens with zero attached hydrogens (tertiary/aromatic N) is 1. The third kappa shape index (κ3) is 5.90. The predicted molar refractivity (Wildman–Crippen MR) is 110 cm³/mol. The molecule has 3 N–H and O–H groups in total. The third-order valence-corrected chi connectivity index (χ3v) is 6.69. The summed E-state index contributed by atoms with van der Waals surface area (Å²) in [7, 11) is 0.798. The van der Waals surface area contributed by atoms with Crippen molar-refractivity contribution in [3.05, 3.63) is 23.8 Å². The zero-order chi connectivity index (χ0) is 19.2. The molecule has 1 aromatic rings. The maximum absolute atomic E-state index is 12.9. The van der Waals surface area contributed by atoms with Gasteiger partial charge in [-0.2, -0.15) is 4.31 Å². The fourth-order valence-electron chi connectivity index (χ4n) is 2.96. The second-order valence-electron chi connectivity index (χ2n) is 7.13. The number of quaternary nitrogens is 1. The average molecular weight is 400 g/mol. The van der Waals surface area contributed by atoms with Gasteiger partial charge in [0, 0.05) is 31.7 Å². The number of rotatable bonds is 7. The molecule has 1 aromatic carbocycles. The first-order chi connectivity index (χ1) is 12.3. The van der Waals surface area contributed by atoms with Crippen LogP contribution in [0.2, 0.25) is 0 Å². The topological polar surface area (TPSA) is 65.9 Å². The van der Waals surface area contributed by atoms with Gasteiger partial charge < -0.3 is 15.5 Å². The molecule has 8 heteroatoms. The van der Waals surface area contributed by atoms with E-state index in [1.54, 1.807) is 16.4 Å². The van der Waals surface area contributed by atoms with Crippen molar-refractivity contribution in [2.45, 2.75) is 37.5 Å². The summed E-state index contributed by atoms with van der Waals surface area (Å²) in [5.41, 5.74) is 1.70. The Morgan fingerprint density at radius 1 is 1.23 bits per heavy atom. The van der Waals surface area contributed by atoms with Gasteiger partial charge >= 0.3 is 0 Å². The first-order valence-corrected chi connectivity index (χ1v) is 11.1. The van der Waals surface area contributed by atoms with Crippen LogP contribution in [-0.2, 0) is 10.0 Å². The Balaban J connectivity index is 2.03. The van der Waals surface area contributed by atoms with Crippen molar-refractivity contribution in [1.29, 1.82) is 0 Å². The first kappa shape index (κ1) is 21.1. The van der Waals surface area contributed by atoms with E-state index in [9.17, 15) is 8.42 Å². The molecule has 1 aliphatic rings. The third-order valence-electron chi connectivity index (χ3n) is 4.55. The Labute approximate surface area is 163 Å². The molecule has 1 saturated heterocycles. The molecule has 1 fully saturated rings. The highest BCUT2D eigenvalue weighted by Crippen LogP contribution is 2.25. The lowest BCUT2D eigenvalue weighted by Crippen LogP contribution is -3.05. The number of sulfonamides is 1. The van der Waals surface area contributed by atoms with Gasteiger partial charge in [0.25, 0.3) is 0 Å². The number of thiocarbonyl (C=S) groups is 1. The minimum Gasteiger partial charge on any atom is -0.362 e. The van der Waals surface area contributed by atoms with Crippen LogP contribution in [0.1, 0.15) is 31.2 Å². The average Bonchev–Trinajstić information content (AvgIpc) is 2.61. The van der Waals surface area contributed by atoms with Crippen LogP contribution in [-0.4, -0.2) is 58.1 Å². The molecule has 2 rings (SSSR count). The smallest absolute Gasteiger partial charge is 0.243 e. The normalized spacial score (nSPS) is 15.8. The van der Waals surface area contributed by atoms with Crippen LogP contribution in [0.25, 0.3) is 0 Å². The molecule has 0 saturated carbocycles. The van der Waals surface area contributed by atoms with E-state index in [4.69, 9.17) is 12.2 Å². The summed E-state index contributed by atoms with van der Waals surface area (Å²) >= 11 is 5.35. The van der Waals surface area contributed by atoms with Crippen LogP contribution in [0.15, 0.2) is 23.1 Å². The molecule has 0 aliphatic carbocycles. The van der Waals surface area contributed by atoms with Gasteiger partial charge in [0.05, 0.1) is 25.5 Å². The van der Waals surface area contributed by atoms with E-state index < -0.39 is 10.0 Å². The van der Waals surface area contributed by atoms with Gasteiger partial charge in [-0.15, -0.1) is 0 Å². The summed E-state index contributed by atoms with van der Waals surface area (Å²) < 4.78 is 27.3. The molecule has 0 unspecified atom stereocenters. The Morgan fingerprint density at radius 3 is 2.58 bits per heavy atom. The monoisotopic (exact) mass is 399 g/mol. The zero-order valence-electron chi connectivity index (χ0n) is 16.0. The van der Waals surface area contributed by atoms with Crippen molar-refractivity contribution >= 4 is 33.0 Å². The van der Waals surface area contributed by atoms with E-state index in [1.165, 1.54) is 4.90 Å². The number of hydrogen-bond donors (Lipinski definition) is 3. The summed E-state index contributed by atoms with van der Waals surface area (Å²) in [6.45, 7) is 5.01. The lowest BCUT2D eigenvalue weighted by Gasteiger charge is -2.26. The molecule has 26 heavy (non-hydrogen) atoms. The van der Waals surface area contributed by atoms with Gasteiger partial charge in [-0.25, -0.2) is 8.42 Å². The minimum absolute atomic E-state index is 0.325. The van der Waals surface area contributed by atoms with Crippen LogP contribution in [0.3, 0.4) is 0 Å². The quantitative estimate of drug-likeness (QED) is 0.471. The highest BCUT2D eigenvalue weighted by atomic mass is 32.2. The minimum atomic E-state index is -3.44. The maximum Gasteiger partial charge on any atom is 0.243 e. The highest BCUT2D eigenvalue weighted by molar-refractivity contribution is 7.89. The largest absolute Gasteiger partial charge is 0.362 e. The summed E-state index contributed by atoms with van der Waals surface area (Å²) in [6, 6.07) is 5.20. The van der Waals surface area contributed by atoms with E-state index in [2.05, 4.69) is 24.7 Å². The lowest BCUT2D eigenvalue weighted by molar-refractivity contribution is -0.858. The van der Waals surface area contributed by atoms with Crippen molar-refractivity contribution in [3.63, 3.8) is 0 Å². The van der Waals surface area contributed by atoms with Gasteiger partial charge in [-0.05, 0) is 49.7 Å². The van der Waals surface area contributed by atoms with Gasteiger partial charge in [-0.3, -0.25) is 0 Å². The second kappa shape index (κ2) is 9.64. The lowest BCUT2D eigenvalue weighted by atomic mass is 10.2. The van der Waals surface area contributed by atoms with E-state index >= 15 is 0 Å². The van der Waals surface area contributed by atoms with Crippen LogP contribution < -0.4 is 15.5 Å². The molecular weight excluding hydrogens is 368 g/mol. The van der Waals surface area contributed by atoms with Crippen LogP contribution in [0.5, 0.6) is 0 Å². The van der Waals surface area contributed by atoms with Crippen LogP contribution >= 0.6 is 12.2 Å². The molecule has 146 valence electrons. The van der Waals surface area contributed by atoms with Gasteiger partial charge in [0.1, 0.15) is 0 Å². The molecule has 0 bridgehead atoms. The number of aryl methyl sites for hydroxylation is 1. The molecule has 0 amide bonds. The second-order valence-corrected chi connectivity index (χ2v) is 9.48. The summed E-state index contributed by atoms with van der Waals surface area (Å²) in [5.74, 6) is 0. The fourth-order valence-corrected chi connectivity index (χ4v) is 4.72. The number of benzene rings is 1. The van der Waals surface area contributed by atoms with Crippen molar-refractivity contribution < 1.29 is 13.3 Å². The molecule has 1 heterocycles. The number of anilines is 1. The number of nitrogens with one attached hydrogen (secondary N) is 3. The van der Waals surface area contributed by atoms with E-state index in [0.717, 1.165) is 50.0 Å². The van der Waals surface area contributed by atoms with Gasteiger partial charge in [0.15, 0.2) is 5.11 Å².